The van der Waals surface area contributed by atoms with E-state index in [1.54, 1.807) is 7.11 Å². The molecule has 1 aromatic carbocycles. The molecule has 0 spiro atoms. The van der Waals surface area contributed by atoms with Gasteiger partial charge in [0.1, 0.15) is 0 Å². The van der Waals surface area contributed by atoms with E-state index in [0.717, 1.165) is 38.0 Å². The smallest absolute Gasteiger partial charge is 0.172 e. The molecule has 1 unspecified atom stereocenters. The third-order valence-corrected chi connectivity index (χ3v) is 3.86. The molecule has 5 heteroatoms. The van der Waals surface area contributed by atoms with E-state index in [4.69, 9.17) is 10.5 Å². The first kappa shape index (κ1) is 13.6. The number of benzene rings is 1. The second-order valence-corrected chi connectivity index (χ2v) is 5.62. The number of nitrogens with two attached hydrogens (primary N) is 1. The molecule has 4 nitrogen and oxygen atoms in total. The van der Waals surface area contributed by atoms with Crippen LogP contribution in [0.25, 0.3) is 0 Å². The Hall–Kier alpha value is -0.780. The van der Waals surface area contributed by atoms with E-state index >= 15 is 0 Å². The lowest BCUT2D eigenvalue weighted by molar-refractivity contribution is 0.201. The molecule has 1 atom stereocenters. The second-order valence-electron chi connectivity index (χ2n) is 4.77. The molecule has 0 aromatic heterocycles. The summed E-state index contributed by atoms with van der Waals surface area (Å²) in [6.07, 6.45) is 2.26. The molecule has 1 aromatic rings. The summed E-state index contributed by atoms with van der Waals surface area (Å²) in [5.74, 6) is 0.650. The van der Waals surface area contributed by atoms with Gasteiger partial charge in [0.05, 0.1) is 11.6 Å². The number of likely N-dealkylation sites (tertiary alicyclic amines) is 1. The van der Waals surface area contributed by atoms with E-state index in [1.165, 1.54) is 0 Å². The summed E-state index contributed by atoms with van der Waals surface area (Å²) in [6.45, 7) is 2.85. The van der Waals surface area contributed by atoms with Crippen molar-refractivity contribution in [3.8, 4) is 11.5 Å². The number of phenols is 1. The zero-order valence-corrected chi connectivity index (χ0v) is 12.1. The Morgan fingerprint density at radius 3 is 3.00 bits per heavy atom. The van der Waals surface area contributed by atoms with Crippen molar-refractivity contribution in [3.63, 3.8) is 0 Å². The van der Waals surface area contributed by atoms with Gasteiger partial charge in [-0.05, 0) is 53.0 Å². The van der Waals surface area contributed by atoms with Gasteiger partial charge in [0.15, 0.2) is 11.5 Å². The molecular formula is C13H19BrN2O2. The average molecular weight is 315 g/mol. The van der Waals surface area contributed by atoms with E-state index in [9.17, 15) is 5.11 Å². The molecule has 1 fully saturated rings. The Labute approximate surface area is 116 Å². The van der Waals surface area contributed by atoms with E-state index in [2.05, 4.69) is 20.8 Å². The quantitative estimate of drug-likeness (QED) is 0.897. The lowest BCUT2D eigenvalue weighted by Crippen LogP contribution is -2.42. The molecule has 1 heterocycles. The number of methoxy groups -OCH3 is 1. The molecule has 18 heavy (non-hydrogen) atoms. The normalized spacial score (nSPS) is 20.9. The van der Waals surface area contributed by atoms with Crippen LogP contribution in [0.1, 0.15) is 18.4 Å². The highest BCUT2D eigenvalue weighted by Crippen LogP contribution is 2.35. The third-order valence-electron chi connectivity index (χ3n) is 3.26. The molecule has 2 rings (SSSR count). The summed E-state index contributed by atoms with van der Waals surface area (Å²) >= 11 is 3.34. The van der Waals surface area contributed by atoms with Crippen molar-refractivity contribution in [2.24, 2.45) is 5.73 Å². The third kappa shape index (κ3) is 3.16. The fourth-order valence-electron chi connectivity index (χ4n) is 2.37. The predicted molar refractivity (Wildman–Crippen MR) is 74.8 cm³/mol. The van der Waals surface area contributed by atoms with Crippen molar-refractivity contribution in [1.29, 1.82) is 0 Å². The highest BCUT2D eigenvalue weighted by Gasteiger charge is 2.17. The molecule has 0 amide bonds. The number of halogens is 1. The van der Waals surface area contributed by atoms with Crippen LogP contribution >= 0.6 is 15.9 Å². The Balaban J connectivity index is 2.11. The number of aromatic hydroxyl groups is 1. The Morgan fingerprint density at radius 1 is 1.56 bits per heavy atom. The molecular weight excluding hydrogens is 296 g/mol. The maximum Gasteiger partial charge on any atom is 0.172 e. The summed E-state index contributed by atoms with van der Waals surface area (Å²) in [4.78, 5) is 2.34. The van der Waals surface area contributed by atoms with Crippen molar-refractivity contribution >= 4 is 15.9 Å². The molecule has 1 aliphatic heterocycles. The summed E-state index contributed by atoms with van der Waals surface area (Å²) in [5.41, 5.74) is 7.09. The van der Waals surface area contributed by atoms with Gasteiger partial charge in [0.2, 0.25) is 0 Å². The molecule has 0 aliphatic carbocycles. The minimum atomic E-state index is 0.150. The first-order chi connectivity index (χ1) is 8.60. The number of phenolic OH excluding ortho intramolecular Hbond substituents is 1. The van der Waals surface area contributed by atoms with Crippen molar-refractivity contribution in [2.45, 2.75) is 25.4 Å². The minimum Gasteiger partial charge on any atom is -0.503 e. The number of nitrogens with zero attached hydrogens (tertiary/aromatic N) is 1. The van der Waals surface area contributed by atoms with Gasteiger partial charge in [-0.1, -0.05) is 0 Å². The van der Waals surface area contributed by atoms with Gasteiger partial charge in [0, 0.05) is 19.1 Å². The van der Waals surface area contributed by atoms with Gasteiger partial charge in [-0.3, -0.25) is 4.90 Å². The van der Waals surface area contributed by atoms with Gasteiger partial charge >= 0.3 is 0 Å². The minimum absolute atomic E-state index is 0.150. The van der Waals surface area contributed by atoms with Gasteiger partial charge in [-0.15, -0.1) is 0 Å². The maximum atomic E-state index is 9.76. The van der Waals surface area contributed by atoms with Crippen molar-refractivity contribution in [1.82, 2.24) is 4.90 Å². The predicted octanol–water partition coefficient (Wildman–Crippen LogP) is 2.09. The van der Waals surface area contributed by atoms with Crippen LogP contribution in [0.15, 0.2) is 16.6 Å². The number of piperidine rings is 1. The number of ether oxygens (including phenoxy) is 1. The van der Waals surface area contributed by atoms with Crippen molar-refractivity contribution < 1.29 is 9.84 Å². The molecule has 1 saturated heterocycles. The van der Waals surface area contributed by atoms with Crippen LogP contribution < -0.4 is 10.5 Å². The number of hydrogen-bond acceptors (Lipinski definition) is 4. The number of hydrogen-bond donors (Lipinski definition) is 2. The first-order valence-corrected chi connectivity index (χ1v) is 6.92. The largest absolute Gasteiger partial charge is 0.503 e. The van der Waals surface area contributed by atoms with E-state index in [1.807, 2.05) is 12.1 Å². The summed E-state index contributed by atoms with van der Waals surface area (Å²) < 4.78 is 5.82. The van der Waals surface area contributed by atoms with E-state index < -0.39 is 0 Å². The van der Waals surface area contributed by atoms with Gasteiger partial charge in [0.25, 0.3) is 0 Å². The topological polar surface area (TPSA) is 58.7 Å². The van der Waals surface area contributed by atoms with Crippen LogP contribution in [0, 0.1) is 0 Å². The SMILES string of the molecule is COc1cc(CN2CCCC(N)C2)cc(Br)c1O. The summed E-state index contributed by atoms with van der Waals surface area (Å²) in [6, 6.07) is 4.08. The van der Waals surface area contributed by atoms with Crippen molar-refractivity contribution in [2.75, 3.05) is 20.2 Å². The Bertz CT molecular complexity index is 426. The van der Waals surface area contributed by atoms with Crippen LogP contribution in [0.4, 0.5) is 0 Å². The van der Waals surface area contributed by atoms with Gasteiger partial charge in [-0.25, -0.2) is 0 Å². The maximum absolute atomic E-state index is 9.76. The van der Waals surface area contributed by atoms with Crippen LogP contribution in [0.5, 0.6) is 11.5 Å². The number of rotatable bonds is 3. The molecule has 100 valence electrons. The zero-order chi connectivity index (χ0) is 13.1. The molecule has 0 bridgehead atoms. The standard InChI is InChI=1S/C13H19BrN2O2/c1-18-12-6-9(5-11(14)13(12)17)7-16-4-2-3-10(15)8-16/h5-6,10,17H,2-4,7-8,15H2,1H3. The monoisotopic (exact) mass is 314 g/mol. The summed E-state index contributed by atoms with van der Waals surface area (Å²) in [7, 11) is 1.56. The highest BCUT2D eigenvalue weighted by atomic mass is 79.9. The van der Waals surface area contributed by atoms with Crippen LogP contribution in [0.2, 0.25) is 0 Å². The molecule has 0 radical (unpaired) electrons. The first-order valence-electron chi connectivity index (χ1n) is 6.13. The Kier molecular flexibility index (Phi) is 4.48. The average Bonchev–Trinajstić information content (AvgIpc) is 2.33. The van der Waals surface area contributed by atoms with Gasteiger partial charge in [-0.2, -0.15) is 0 Å². The van der Waals surface area contributed by atoms with Crippen molar-refractivity contribution in [3.05, 3.63) is 22.2 Å². The lowest BCUT2D eigenvalue weighted by Gasteiger charge is -2.30. The highest BCUT2D eigenvalue weighted by molar-refractivity contribution is 9.10. The second kappa shape index (κ2) is 5.91. The van der Waals surface area contributed by atoms with E-state index in [0.29, 0.717) is 10.2 Å². The van der Waals surface area contributed by atoms with Crippen LogP contribution in [0.3, 0.4) is 0 Å². The summed E-state index contributed by atoms with van der Waals surface area (Å²) in [5, 5.41) is 9.76. The molecule has 0 saturated carbocycles. The van der Waals surface area contributed by atoms with Crippen LogP contribution in [-0.2, 0) is 6.54 Å². The van der Waals surface area contributed by atoms with Gasteiger partial charge < -0.3 is 15.6 Å². The van der Waals surface area contributed by atoms with Crippen LogP contribution in [-0.4, -0.2) is 36.2 Å². The molecule has 3 N–H and O–H groups in total. The lowest BCUT2D eigenvalue weighted by atomic mass is 10.1. The fourth-order valence-corrected chi connectivity index (χ4v) is 2.86. The fraction of sp³-hybridized carbons (Fsp3) is 0.538. The molecule has 1 aliphatic rings. The zero-order valence-electron chi connectivity index (χ0n) is 10.5. The Morgan fingerprint density at radius 2 is 2.33 bits per heavy atom. The van der Waals surface area contributed by atoms with E-state index in [-0.39, 0.29) is 11.8 Å².